The summed E-state index contributed by atoms with van der Waals surface area (Å²) in [6, 6.07) is 8.21. The highest BCUT2D eigenvalue weighted by Gasteiger charge is 2.29. The van der Waals surface area contributed by atoms with Crippen LogP contribution in [-0.4, -0.2) is 54.0 Å². The van der Waals surface area contributed by atoms with E-state index < -0.39 is 0 Å². The van der Waals surface area contributed by atoms with Crippen molar-refractivity contribution in [3.8, 4) is 5.75 Å². The molecule has 2 N–H and O–H groups in total. The van der Waals surface area contributed by atoms with Crippen LogP contribution in [0.25, 0.3) is 0 Å². The fourth-order valence-electron chi connectivity index (χ4n) is 4.37. The number of amides is 2. The number of nitrogens with one attached hydrogen (secondary N) is 2. The highest BCUT2D eigenvalue weighted by Crippen LogP contribution is 2.23. The molecule has 154 valence electrons. The molecular formula is C22H33N3O3. The lowest BCUT2D eigenvalue weighted by Gasteiger charge is -2.38. The van der Waals surface area contributed by atoms with Gasteiger partial charge in [0.25, 0.3) is 11.8 Å². The summed E-state index contributed by atoms with van der Waals surface area (Å²) >= 11 is 0. The van der Waals surface area contributed by atoms with Crippen LogP contribution in [0.1, 0.15) is 63.2 Å². The molecule has 0 aromatic heterocycles. The summed E-state index contributed by atoms with van der Waals surface area (Å²) in [4.78, 5) is 26.9. The van der Waals surface area contributed by atoms with Crippen LogP contribution in [0.3, 0.4) is 0 Å². The van der Waals surface area contributed by atoms with Crippen LogP contribution in [0.2, 0.25) is 0 Å². The fourth-order valence-corrected chi connectivity index (χ4v) is 4.37. The standard InChI is InChI=1S/C22H33N3O3/c1-15-13-19(11-12-23-15)24-22(27)18-7-9-20(10-8-18)28-14-21(26)25-16(2)5-4-6-17(25)3/h7-10,15-17,19,23H,4-6,11-14H2,1-3H3,(H,24,27). The molecule has 4 unspecified atom stereocenters. The SMILES string of the molecule is CC1CC(NC(=O)c2ccc(OCC(=O)N3C(C)CCCC3C)cc2)CCN1. The Kier molecular flexibility index (Phi) is 6.94. The predicted octanol–water partition coefficient (Wildman–Crippen LogP) is 2.73. The zero-order chi connectivity index (χ0) is 20.1. The smallest absolute Gasteiger partial charge is 0.260 e. The van der Waals surface area contributed by atoms with E-state index in [0.29, 0.717) is 17.4 Å². The van der Waals surface area contributed by atoms with Crippen LogP contribution >= 0.6 is 0 Å². The number of nitrogens with zero attached hydrogens (tertiary/aromatic N) is 1. The minimum Gasteiger partial charge on any atom is -0.484 e. The van der Waals surface area contributed by atoms with Gasteiger partial charge in [-0.3, -0.25) is 9.59 Å². The summed E-state index contributed by atoms with van der Waals surface area (Å²) in [5.74, 6) is 0.581. The van der Waals surface area contributed by atoms with Crippen molar-refractivity contribution in [3.05, 3.63) is 29.8 Å². The Morgan fingerprint density at radius 2 is 1.79 bits per heavy atom. The quantitative estimate of drug-likeness (QED) is 0.815. The Labute approximate surface area is 168 Å². The average molecular weight is 388 g/mol. The molecule has 28 heavy (non-hydrogen) atoms. The Morgan fingerprint density at radius 3 is 2.43 bits per heavy atom. The number of benzene rings is 1. The van der Waals surface area contributed by atoms with E-state index in [0.717, 1.165) is 32.2 Å². The van der Waals surface area contributed by atoms with Crippen molar-refractivity contribution in [2.24, 2.45) is 0 Å². The first-order valence-corrected chi connectivity index (χ1v) is 10.5. The molecule has 4 atom stereocenters. The van der Waals surface area contributed by atoms with Gasteiger partial charge in [0, 0.05) is 29.7 Å². The number of carbonyl (C=O) groups is 2. The van der Waals surface area contributed by atoms with E-state index in [1.807, 2.05) is 4.90 Å². The van der Waals surface area contributed by atoms with Crippen LogP contribution in [-0.2, 0) is 4.79 Å². The van der Waals surface area contributed by atoms with Gasteiger partial charge < -0.3 is 20.3 Å². The van der Waals surface area contributed by atoms with E-state index in [1.165, 1.54) is 6.42 Å². The molecule has 1 aromatic carbocycles. The van der Waals surface area contributed by atoms with Gasteiger partial charge in [-0.05, 0) is 83.7 Å². The van der Waals surface area contributed by atoms with Crippen molar-refractivity contribution in [1.82, 2.24) is 15.5 Å². The second kappa shape index (κ2) is 9.41. The Balaban J connectivity index is 1.50. The molecule has 0 radical (unpaired) electrons. The van der Waals surface area contributed by atoms with Crippen LogP contribution in [0, 0.1) is 0 Å². The maximum absolute atomic E-state index is 12.5. The zero-order valence-corrected chi connectivity index (χ0v) is 17.2. The molecular weight excluding hydrogens is 354 g/mol. The van der Waals surface area contributed by atoms with Gasteiger partial charge in [-0.1, -0.05) is 0 Å². The van der Waals surface area contributed by atoms with Crippen LogP contribution in [0.4, 0.5) is 0 Å². The summed E-state index contributed by atoms with van der Waals surface area (Å²) in [6.45, 7) is 7.31. The molecule has 0 spiro atoms. The molecule has 6 heteroatoms. The van der Waals surface area contributed by atoms with Crippen molar-refractivity contribution < 1.29 is 14.3 Å². The minimum atomic E-state index is -0.0577. The first-order valence-electron chi connectivity index (χ1n) is 10.5. The molecule has 2 heterocycles. The zero-order valence-electron chi connectivity index (χ0n) is 17.2. The highest BCUT2D eigenvalue weighted by molar-refractivity contribution is 5.94. The summed E-state index contributed by atoms with van der Waals surface area (Å²) in [7, 11) is 0. The van der Waals surface area contributed by atoms with Crippen molar-refractivity contribution in [2.75, 3.05) is 13.2 Å². The lowest BCUT2D eigenvalue weighted by molar-refractivity contribution is -0.139. The van der Waals surface area contributed by atoms with E-state index >= 15 is 0 Å². The monoisotopic (exact) mass is 387 g/mol. The number of carbonyl (C=O) groups excluding carboxylic acids is 2. The first kappa shape index (κ1) is 20.6. The van der Waals surface area contributed by atoms with Gasteiger partial charge in [0.05, 0.1) is 0 Å². The van der Waals surface area contributed by atoms with Gasteiger partial charge in [-0.2, -0.15) is 0 Å². The van der Waals surface area contributed by atoms with E-state index in [9.17, 15) is 9.59 Å². The van der Waals surface area contributed by atoms with Gasteiger partial charge in [0.15, 0.2) is 6.61 Å². The Hall–Kier alpha value is -2.08. The molecule has 3 rings (SSSR count). The van der Waals surface area contributed by atoms with Gasteiger partial charge in [-0.15, -0.1) is 0 Å². The molecule has 2 aliphatic rings. The van der Waals surface area contributed by atoms with Crippen molar-refractivity contribution in [2.45, 2.75) is 77.0 Å². The van der Waals surface area contributed by atoms with Crippen LogP contribution < -0.4 is 15.4 Å². The number of likely N-dealkylation sites (tertiary alicyclic amines) is 1. The molecule has 6 nitrogen and oxygen atoms in total. The van der Waals surface area contributed by atoms with Gasteiger partial charge >= 0.3 is 0 Å². The maximum atomic E-state index is 12.5. The molecule has 0 aliphatic carbocycles. The summed E-state index contributed by atoms with van der Waals surface area (Å²) in [5.41, 5.74) is 0.614. The fraction of sp³-hybridized carbons (Fsp3) is 0.636. The number of hydrogen-bond donors (Lipinski definition) is 2. The maximum Gasteiger partial charge on any atom is 0.260 e. The minimum absolute atomic E-state index is 0.0292. The van der Waals surface area contributed by atoms with Crippen LogP contribution in [0.15, 0.2) is 24.3 Å². The lowest BCUT2D eigenvalue weighted by Crippen LogP contribution is -2.49. The second-order valence-corrected chi connectivity index (χ2v) is 8.29. The predicted molar refractivity (Wildman–Crippen MR) is 110 cm³/mol. The molecule has 2 aliphatic heterocycles. The molecule has 0 bridgehead atoms. The third-order valence-electron chi connectivity index (χ3n) is 5.92. The Bertz CT molecular complexity index is 666. The second-order valence-electron chi connectivity index (χ2n) is 8.29. The third-order valence-corrected chi connectivity index (χ3v) is 5.92. The summed E-state index contributed by atoms with van der Waals surface area (Å²) in [5, 5.41) is 6.49. The van der Waals surface area contributed by atoms with Crippen molar-refractivity contribution in [3.63, 3.8) is 0 Å². The molecule has 2 fully saturated rings. The lowest BCUT2D eigenvalue weighted by atomic mass is 9.97. The number of ether oxygens (including phenoxy) is 1. The van der Waals surface area contributed by atoms with Crippen molar-refractivity contribution in [1.29, 1.82) is 0 Å². The van der Waals surface area contributed by atoms with Gasteiger partial charge in [0.2, 0.25) is 0 Å². The molecule has 1 aromatic rings. The van der Waals surface area contributed by atoms with E-state index in [4.69, 9.17) is 4.74 Å². The third kappa shape index (κ3) is 5.25. The molecule has 2 saturated heterocycles. The topological polar surface area (TPSA) is 70.7 Å². The average Bonchev–Trinajstić information content (AvgIpc) is 2.66. The molecule has 0 saturated carbocycles. The van der Waals surface area contributed by atoms with E-state index in [1.54, 1.807) is 24.3 Å². The number of hydrogen-bond acceptors (Lipinski definition) is 4. The number of rotatable bonds is 5. The Morgan fingerprint density at radius 1 is 1.11 bits per heavy atom. The first-order chi connectivity index (χ1) is 13.4. The number of piperidine rings is 2. The van der Waals surface area contributed by atoms with Gasteiger partial charge in [-0.25, -0.2) is 0 Å². The van der Waals surface area contributed by atoms with Crippen molar-refractivity contribution >= 4 is 11.8 Å². The normalized spacial score (nSPS) is 27.9. The highest BCUT2D eigenvalue weighted by atomic mass is 16.5. The summed E-state index contributed by atoms with van der Waals surface area (Å²) in [6.07, 6.45) is 5.17. The summed E-state index contributed by atoms with van der Waals surface area (Å²) < 4.78 is 5.69. The molecule has 2 amide bonds. The van der Waals surface area contributed by atoms with E-state index in [2.05, 4.69) is 31.4 Å². The largest absolute Gasteiger partial charge is 0.484 e. The van der Waals surface area contributed by atoms with E-state index in [-0.39, 0.29) is 36.5 Å². The van der Waals surface area contributed by atoms with Gasteiger partial charge in [0.1, 0.15) is 5.75 Å². The van der Waals surface area contributed by atoms with Crippen LogP contribution in [0.5, 0.6) is 5.75 Å².